The van der Waals surface area contributed by atoms with Gasteiger partial charge < -0.3 is 57.2 Å². The smallest absolute Gasteiger partial charge is 0.408 e. The number of alkyl carbamates (subject to hydrolysis) is 1. The number of primary amides is 1. The normalized spacial score (nSPS) is 13.6. The van der Waals surface area contributed by atoms with Gasteiger partial charge in [-0.15, -0.1) is 0 Å². The zero-order chi connectivity index (χ0) is 50.9. The fourth-order valence-corrected chi connectivity index (χ4v) is 7.16. The molecule has 0 aliphatic carbocycles. The second-order valence-corrected chi connectivity index (χ2v) is 18.7. The molecule has 0 spiro atoms. The highest BCUT2D eigenvalue weighted by atomic mass is 16.6. The first-order chi connectivity index (χ1) is 32.5. The number of amides is 7. The Morgan fingerprint density at radius 2 is 1.20 bits per heavy atom. The highest BCUT2D eigenvalue weighted by Gasteiger charge is 2.33. The number of para-hydroxylation sites is 1. The third kappa shape index (κ3) is 18.6. The molecule has 19 heteroatoms. The van der Waals surface area contributed by atoms with Crippen LogP contribution in [-0.2, 0) is 57.6 Å². The summed E-state index contributed by atoms with van der Waals surface area (Å²) in [7, 11) is 0. The van der Waals surface area contributed by atoms with Crippen LogP contribution in [0.2, 0.25) is 0 Å². The molecule has 69 heavy (non-hydrogen) atoms. The fraction of sp³-hybridized carbons (Fsp3) is 0.440. The van der Waals surface area contributed by atoms with E-state index in [9.17, 15) is 43.5 Å². The third-order valence-electron chi connectivity index (χ3n) is 10.4. The molecular weight excluding hydrogens is 889 g/mol. The number of nitrogens with one attached hydrogen (secondary N) is 7. The first kappa shape index (κ1) is 54.2. The number of aromatic nitrogens is 1. The van der Waals surface area contributed by atoms with Gasteiger partial charge >= 0.3 is 12.1 Å². The van der Waals surface area contributed by atoms with Gasteiger partial charge in [0.25, 0.3) is 0 Å². The van der Waals surface area contributed by atoms with Gasteiger partial charge in [0.2, 0.25) is 35.4 Å². The van der Waals surface area contributed by atoms with Gasteiger partial charge in [-0.05, 0) is 82.9 Å². The molecule has 372 valence electrons. The monoisotopic (exact) mass is 954 g/mol. The number of carboxylic acid groups (broad SMARTS) is 1. The van der Waals surface area contributed by atoms with Gasteiger partial charge in [-0.25, -0.2) is 4.79 Å². The van der Waals surface area contributed by atoms with Crippen LogP contribution >= 0.6 is 0 Å². The van der Waals surface area contributed by atoms with Gasteiger partial charge in [0.1, 0.15) is 47.2 Å². The van der Waals surface area contributed by atoms with Crippen molar-refractivity contribution in [1.82, 2.24) is 36.9 Å². The van der Waals surface area contributed by atoms with E-state index in [1.807, 2.05) is 45.9 Å². The molecule has 0 bridgehead atoms. The standard InChI is InChI=1S/C50H66N8O11/c1-8-9-18-36(45(64)57-40(27-42(60)61)47(66)56-37(43(51)62)24-30-15-11-10-12-16-30)55-46(65)39(26-32-28-52-35-19-14-13-17-34(32)35)54-41(59)29-53-44(63)38(58-48(67)69-50(5,6)7)25-31-20-22-33(23-21-31)68-49(2,3)4/h10-17,19-23,28,36-40,52H,8-9,18,24-27,29H2,1-7H3,(H2,51,62)(H,53,63)(H,54,59)(H,55,65)(H,56,66)(H,57,64)(H,58,67)(H,60,61)/t36-,37-,38-,39-,40-/m0/s1. The maximum atomic E-state index is 14.3. The predicted molar refractivity (Wildman–Crippen MR) is 258 cm³/mol. The number of nitrogens with two attached hydrogens (primary N) is 1. The maximum Gasteiger partial charge on any atom is 0.408 e. The first-order valence-electron chi connectivity index (χ1n) is 22.9. The number of hydrogen-bond donors (Lipinski definition) is 9. The lowest BCUT2D eigenvalue weighted by atomic mass is 10.0. The Morgan fingerprint density at radius 3 is 1.83 bits per heavy atom. The van der Waals surface area contributed by atoms with Gasteiger partial charge in [-0.1, -0.05) is 80.4 Å². The minimum absolute atomic E-state index is 0.00416. The van der Waals surface area contributed by atoms with Crippen molar-refractivity contribution in [2.24, 2.45) is 5.73 Å². The molecule has 0 saturated heterocycles. The molecule has 4 aromatic rings. The van der Waals surface area contributed by atoms with Crippen molar-refractivity contribution in [2.75, 3.05) is 6.54 Å². The lowest BCUT2D eigenvalue weighted by molar-refractivity contribution is -0.141. The zero-order valence-electron chi connectivity index (χ0n) is 40.2. The van der Waals surface area contributed by atoms with Crippen molar-refractivity contribution < 1.29 is 52.9 Å². The van der Waals surface area contributed by atoms with Crippen molar-refractivity contribution in [2.45, 2.75) is 135 Å². The van der Waals surface area contributed by atoms with Crippen molar-refractivity contribution in [3.8, 4) is 5.75 Å². The number of fused-ring (bicyclic) bond motifs is 1. The molecule has 0 saturated carbocycles. The quantitative estimate of drug-likeness (QED) is 0.0490. The van der Waals surface area contributed by atoms with Crippen LogP contribution in [0.3, 0.4) is 0 Å². The van der Waals surface area contributed by atoms with Crippen molar-refractivity contribution in [1.29, 1.82) is 0 Å². The summed E-state index contributed by atoms with van der Waals surface area (Å²) in [5, 5.41) is 25.9. The van der Waals surface area contributed by atoms with Crippen LogP contribution in [0, 0.1) is 0 Å². The summed E-state index contributed by atoms with van der Waals surface area (Å²) in [5.41, 5.74) is 7.00. The number of carboxylic acids is 1. The molecule has 0 fully saturated rings. The third-order valence-corrected chi connectivity index (χ3v) is 10.4. The molecule has 4 rings (SSSR count). The van der Waals surface area contributed by atoms with Gasteiger partial charge in [0, 0.05) is 36.4 Å². The number of H-pyrrole nitrogens is 1. The number of carbonyl (C=O) groups is 8. The largest absolute Gasteiger partial charge is 0.488 e. The molecule has 10 N–H and O–H groups in total. The number of hydrogen-bond acceptors (Lipinski definition) is 10. The van der Waals surface area contributed by atoms with Crippen LogP contribution in [0.15, 0.2) is 85.1 Å². The number of carbonyl (C=O) groups excluding carboxylic acids is 7. The molecule has 7 amide bonds. The number of rotatable bonds is 24. The second-order valence-electron chi connectivity index (χ2n) is 18.7. The second kappa shape index (κ2) is 25.1. The molecule has 0 aliphatic rings. The molecule has 0 radical (unpaired) electrons. The van der Waals surface area contributed by atoms with Crippen molar-refractivity contribution in [3.63, 3.8) is 0 Å². The Bertz CT molecular complexity index is 2410. The number of aliphatic carboxylic acids is 1. The van der Waals surface area contributed by atoms with Crippen LogP contribution in [0.25, 0.3) is 10.9 Å². The van der Waals surface area contributed by atoms with Gasteiger partial charge in [0.05, 0.1) is 13.0 Å². The van der Waals surface area contributed by atoms with Gasteiger partial charge in [-0.3, -0.25) is 33.6 Å². The van der Waals surface area contributed by atoms with E-state index in [-0.39, 0.29) is 25.7 Å². The molecule has 1 aromatic heterocycles. The molecule has 3 aromatic carbocycles. The van der Waals surface area contributed by atoms with E-state index in [4.69, 9.17) is 15.2 Å². The summed E-state index contributed by atoms with van der Waals surface area (Å²) in [4.78, 5) is 110. The van der Waals surface area contributed by atoms with Gasteiger partial charge in [0.15, 0.2) is 0 Å². The molecule has 1 heterocycles. The van der Waals surface area contributed by atoms with Crippen LogP contribution in [0.1, 0.15) is 90.8 Å². The van der Waals surface area contributed by atoms with Crippen LogP contribution in [-0.4, -0.2) is 106 Å². The minimum Gasteiger partial charge on any atom is -0.488 e. The fourth-order valence-electron chi connectivity index (χ4n) is 7.16. The summed E-state index contributed by atoms with van der Waals surface area (Å²) < 4.78 is 11.3. The lowest BCUT2D eigenvalue weighted by Crippen LogP contribution is -2.59. The minimum atomic E-state index is -1.67. The zero-order valence-corrected chi connectivity index (χ0v) is 40.2. The van der Waals surface area contributed by atoms with E-state index in [0.717, 1.165) is 10.9 Å². The molecule has 0 aliphatic heterocycles. The maximum absolute atomic E-state index is 14.3. The number of aromatic amines is 1. The van der Waals surface area contributed by atoms with E-state index in [1.54, 1.807) is 87.6 Å². The highest BCUT2D eigenvalue weighted by molar-refractivity contribution is 5.97. The average Bonchev–Trinajstić information content (AvgIpc) is 3.68. The molecule has 0 unspecified atom stereocenters. The summed E-state index contributed by atoms with van der Waals surface area (Å²) in [6.45, 7) is 12.0. The topological polar surface area (TPSA) is 289 Å². The van der Waals surface area contributed by atoms with Crippen LogP contribution in [0.4, 0.5) is 4.79 Å². The highest BCUT2D eigenvalue weighted by Crippen LogP contribution is 2.21. The molecule has 5 atom stereocenters. The Hall–Kier alpha value is -7.44. The van der Waals surface area contributed by atoms with Gasteiger partial charge in [-0.2, -0.15) is 0 Å². The Balaban J connectivity index is 1.53. The van der Waals surface area contributed by atoms with E-state index < -0.39 is 102 Å². The van der Waals surface area contributed by atoms with Crippen LogP contribution < -0.4 is 42.4 Å². The first-order valence-corrected chi connectivity index (χ1v) is 22.9. The van der Waals surface area contributed by atoms with E-state index >= 15 is 0 Å². The van der Waals surface area contributed by atoms with Crippen molar-refractivity contribution in [3.05, 3.63) is 102 Å². The van der Waals surface area contributed by atoms with E-state index in [0.29, 0.717) is 35.3 Å². The Kier molecular flexibility index (Phi) is 19.7. The summed E-state index contributed by atoms with van der Waals surface area (Å²) in [6, 6.07) is 16.2. The molecular formula is C50H66N8O11. The summed E-state index contributed by atoms with van der Waals surface area (Å²) in [6.07, 6.45) is 0.993. The SMILES string of the molecule is CCCC[C@H](NC(=O)[C@H](Cc1c[nH]c2ccccc12)NC(=O)CNC(=O)[C@H](Cc1ccc(OC(C)(C)C)cc1)NC(=O)OC(C)(C)C)C(=O)N[C@@H](CC(=O)O)C(=O)N[C@@H](Cc1ccccc1)C(N)=O. The molecule has 19 nitrogen and oxygen atoms in total. The predicted octanol–water partition coefficient (Wildman–Crippen LogP) is 3.47. The van der Waals surface area contributed by atoms with E-state index in [1.165, 1.54) is 0 Å². The average molecular weight is 955 g/mol. The summed E-state index contributed by atoms with van der Waals surface area (Å²) >= 11 is 0. The van der Waals surface area contributed by atoms with Crippen LogP contribution in [0.5, 0.6) is 5.75 Å². The van der Waals surface area contributed by atoms with Crippen molar-refractivity contribution >= 4 is 58.4 Å². The summed E-state index contributed by atoms with van der Waals surface area (Å²) in [5.74, 6) is -5.87. The number of unbranched alkanes of at least 4 members (excludes halogenated alkanes) is 1. The lowest BCUT2D eigenvalue weighted by Gasteiger charge is -2.26. The number of ether oxygens (including phenoxy) is 2. The Morgan fingerprint density at radius 1 is 0.638 bits per heavy atom. The number of benzene rings is 3. The van der Waals surface area contributed by atoms with E-state index in [2.05, 4.69) is 36.9 Å². The Labute approximate surface area is 401 Å².